The molecule has 1 fully saturated rings. The summed E-state index contributed by atoms with van der Waals surface area (Å²) >= 11 is 11.7. The Morgan fingerprint density at radius 1 is 1.04 bits per heavy atom. The highest BCUT2D eigenvalue weighted by atomic mass is 35.5. The smallest absolute Gasteiger partial charge is 0.207 e. The van der Waals surface area contributed by atoms with Crippen LogP contribution in [0.1, 0.15) is 12.8 Å². The minimum Gasteiger partial charge on any atom is -0.207 e. The molecule has 2 rings (SSSR count). The fourth-order valence-corrected chi connectivity index (χ4v) is 5.31. The molecular formula is C12H17Cl2N3O4S2. The zero-order valence-corrected chi connectivity index (χ0v) is 15.4. The second kappa shape index (κ2) is 7.22. The van der Waals surface area contributed by atoms with Crippen molar-refractivity contribution < 1.29 is 16.8 Å². The van der Waals surface area contributed by atoms with Crippen LogP contribution in [0.4, 0.5) is 0 Å². The molecule has 1 aromatic carbocycles. The molecule has 11 heteroatoms. The number of hydrogen-bond donors (Lipinski definition) is 2. The Morgan fingerprint density at radius 2 is 1.57 bits per heavy atom. The lowest BCUT2D eigenvalue weighted by molar-refractivity contribution is 0.308. The van der Waals surface area contributed by atoms with E-state index in [1.54, 1.807) is 0 Å². The third-order valence-electron chi connectivity index (χ3n) is 3.52. The van der Waals surface area contributed by atoms with Gasteiger partial charge < -0.3 is 0 Å². The summed E-state index contributed by atoms with van der Waals surface area (Å²) in [7, 11) is -5.94. The van der Waals surface area contributed by atoms with Crippen LogP contribution in [0.3, 0.4) is 0 Å². The predicted octanol–water partition coefficient (Wildman–Crippen LogP) is 1.20. The normalized spacial score (nSPS) is 18.2. The molecule has 0 bridgehead atoms. The van der Waals surface area contributed by atoms with E-state index in [1.807, 2.05) is 0 Å². The first-order chi connectivity index (χ1) is 10.6. The van der Waals surface area contributed by atoms with Crippen molar-refractivity contribution in [2.24, 2.45) is 0 Å². The Bertz CT molecular complexity index is 755. The molecule has 0 saturated carbocycles. The second-order valence-corrected chi connectivity index (χ2v) is 9.57. The van der Waals surface area contributed by atoms with E-state index in [0.29, 0.717) is 12.8 Å². The standard InChI is InChI=1S/C12H17Cl2N3O4S2/c1-15-23(20,21)16-11-2-4-17(5-3-11)22(18,19)12-7-9(13)6-10(14)8-12/h6-8,11,15-16H,2-5H2,1H3. The third kappa shape index (κ3) is 4.79. The van der Waals surface area contributed by atoms with Gasteiger partial charge in [0.2, 0.25) is 10.0 Å². The maximum absolute atomic E-state index is 12.6. The SMILES string of the molecule is CNS(=O)(=O)NC1CCN(S(=O)(=O)c2cc(Cl)cc(Cl)c2)CC1. The first-order valence-corrected chi connectivity index (χ1v) is 10.5. The van der Waals surface area contributed by atoms with E-state index in [2.05, 4.69) is 9.44 Å². The Hall–Kier alpha value is -0.420. The summed E-state index contributed by atoms with van der Waals surface area (Å²) in [5, 5.41) is 0.487. The van der Waals surface area contributed by atoms with Crippen molar-refractivity contribution in [2.45, 2.75) is 23.8 Å². The van der Waals surface area contributed by atoms with Crippen LogP contribution >= 0.6 is 23.2 Å². The number of halogens is 2. The van der Waals surface area contributed by atoms with Gasteiger partial charge in [0.25, 0.3) is 10.2 Å². The third-order valence-corrected chi connectivity index (χ3v) is 7.01. The van der Waals surface area contributed by atoms with Gasteiger partial charge in [0.15, 0.2) is 0 Å². The molecule has 0 aliphatic carbocycles. The highest BCUT2D eigenvalue weighted by Gasteiger charge is 2.31. The van der Waals surface area contributed by atoms with E-state index < -0.39 is 20.2 Å². The summed E-state index contributed by atoms with van der Waals surface area (Å²) in [6.45, 7) is 0.423. The number of rotatable bonds is 5. The van der Waals surface area contributed by atoms with Gasteiger partial charge in [-0.1, -0.05) is 23.2 Å². The van der Waals surface area contributed by atoms with Gasteiger partial charge in [-0.05, 0) is 31.0 Å². The van der Waals surface area contributed by atoms with E-state index in [0.717, 1.165) is 0 Å². The van der Waals surface area contributed by atoms with Crippen molar-refractivity contribution in [2.75, 3.05) is 20.1 Å². The van der Waals surface area contributed by atoms with E-state index in [9.17, 15) is 16.8 Å². The Balaban J connectivity index is 2.09. The zero-order chi connectivity index (χ0) is 17.3. The molecule has 0 radical (unpaired) electrons. The highest BCUT2D eigenvalue weighted by Crippen LogP contribution is 2.26. The topological polar surface area (TPSA) is 95.6 Å². The number of benzene rings is 1. The van der Waals surface area contributed by atoms with Gasteiger partial charge in [0.1, 0.15) is 0 Å². The molecule has 130 valence electrons. The molecule has 23 heavy (non-hydrogen) atoms. The van der Waals surface area contributed by atoms with Crippen molar-refractivity contribution in [3.05, 3.63) is 28.2 Å². The molecular weight excluding hydrogens is 385 g/mol. The van der Waals surface area contributed by atoms with E-state index in [4.69, 9.17) is 23.2 Å². The number of nitrogens with one attached hydrogen (secondary N) is 2. The van der Waals surface area contributed by atoms with Crippen molar-refractivity contribution in [1.82, 2.24) is 13.7 Å². The number of piperidine rings is 1. The van der Waals surface area contributed by atoms with Gasteiger partial charge in [0.05, 0.1) is 4.90 Å². The number of hydrogen-bond acceptors (Lipinski definition) is 4. The molecule has 7 nitrogen and oxygen atoms in total. The van der Waals surface area contributed by atoms with Crippen LogP contribution in [-0.2, 0) is 20.2 Å². The fraction of sp³-hybridized carbons (Fsp3) is 0.500. The molecule has 0 atom stereocenters. The molecule has 1 aliphatic heterocycles. The van der Waals surface area contributed by atoms with Crippen LogP contribution in [-0.4, -0.2) is 47.3 Å². The van der Waals surface area contributed by atoms with Gasteiger partial charge in [-0.15, -0.1) is 0 Å². The maximum Gasteiger partial charge on any atom is 0.276 e. The van der Waals surface area contributed by atoms with Crippen molar-refractivity contribution in [3.8, 4) is 0 Å². The molecule has 0 spiro atoms. The fourth-order valence-electron chi connectivity index (χ4n) is 2.32. The van der Waals surface area contributed by atoms with Crippen LogP contribution in [0.5, 0.6) is 0 Å². The molecule has 1 aromatic rings. The molecule has 0 amide bonds. The first-order valence-electron chi connectivity index (χ1n) is 6.81. The largest absolute Gasteiger partial charge is 0.276 e. The highest BCUT2D eigenvalue weighted by molar-refractivity contribution is 7.89. The van der Waals surface area contributed by atoms with Crippen LogP contribution in [0.15, 0.2) is 23.1 Å². The van der Waals surface area contributed by atoms with Crippen LogP contribution in [0, 0.1) is 0 Å². The van der Waals surface area contributed by atoms with Gasteiger partial charge >= 0.3 is 0 Å². The molecule has 0 aromatic heterocycles. The molecule has 1 saturated heterocycles. The lowest BCUT2D eigenvalue weighted by Gasteiger charge is -2.31. The number of nitrogens with zero attached hydrogens (tertiary/aromatic N) is 1. The van der Waals surface area contributed by atoms with Crippen LogP contribution in [0.2, 0.25) is 10.0 Å². The first kappa shape index (κ1) is 18.9. The van der Waals surface area contributed by atoms with E-state index in [-0.39, 0.29) is 34.1 Å². The molecule has 1 aliphatic rings. The minimum absolute atomic E-state index is 0.0317. The average Bonchev–Trinajstić information content (AvgIpc) is 2.46. The quantitative estimate of drug-likeness (QED) is 0.774. The van der Waals surface area contributed by atoms with Gasteiger partial charge in [-0.25, -0.2) is 13.1 Å². The van der Waals surface area contributed by atoms with Crippen LogP contribution < -0.4 is 9.44 Å². The van der Waals surface area contributed by atoms with Gasteiger partial charge in [-0.3, -0.25) is 0 Å². The lowest BCUT2D eigenvalue weighted by Crippen LogP contribution is -2.48. The maximum atomic E-state index is 12.6. The summed E-state index contributed by atoms with van der Waals surface area (Å²) in [6, 6.07) is 3.85. The molecule has 1 heterocycles. The second-order valence-electron chi connectivity index (χ2n) is 5.11. The van der Waals surface area contributed by atoms with Crippen molar-refractivity contribution in [1.29, 1.82) is 0 Å². The Morgan fingerprint density at radius 3 is 2.04 bits per heavy atom. The predicted molar refractivity (Wildman–Crippen MR) is 89.4 cm³/mol. The van der Waals surface area contributed by atoms with Crippen molar-refractivity contribution >= 4 is 43.4 Å². The monoisotopic (exact) mass is 401 g/mol. The van der Waals surface area contributed by atoms with E-state index in [1.165, 1.54) is 29.6 Å². The summed E-state index contributed by atoms with van der Waals surface area (Å²) in [5.41, 5.74) is 0. The Kier molecular flexibility index (Phi) is 5.94. The van der Waals surface area contributed by atoms with Crippen LogP contribution in [0.25, 0.3) is 0 Å². The van der Waals surface area contributed by atoms with Crippen molar-refractivity contribution in [3.63, 3.8) is 0 Å². The average molecular weight is 402 g/mol. The van der Waals surface area contributed by atoms with E-state index >= 15 is 0 Å². The minimum atomic E-state index is -3.71. The summed E-state index contributed by atoms with van der Waals surface area (Å²) in [4.78, 5) is 0.0317. The Labute approximate surface area is 146 Å². The van der Waals surface area contributed by atoms with Gasteiger partial charge in [0, 0.05) is 36.2 Å². The van der Waals surface area contributed by atoms with Gasteiger partial charge in [-0.2, -0.15) is 17.4 Å². The molecule has 0 unspecified atom stereocenters. The molecule has 2 N–H and O–H groups in total. The number of sulfonamides is 1. The summed E-state index contributed by atoms with van der Waals surface area (Å²) in [5.74, 6) is 0. The summed E-state index contributed by atoms with van der Waals surface area (Å²) < 4.78 is 54.1. The summed E-state index contributed by atoms with van der Waals surface area (Å²) in [6.07, 6.45) is 0.767. The zero-order valence-electron chi connectivity index (χ0n) is 12.3. The lowest BCUT2D eigenvalue weighted by atomic mass is 10.1.